The number of hydrogen-bond donors (Lipinski definition) is 0. The topological polar surface area (TPSA) is 30.7 Å². The third-order valence-electron chi connectivity index (χ3n) is 1.51. The van der Waals surface area contributed by atoms with Crippen LogP contribution in [0.1, 0.15) is 30.5 Å². The number of hydrogen-bond acceptors (Lipinski definition) is 2. The highest BCUT2D eigenvalue weighted by Gasteiger charge is 2.06. The van der Waals surface area contributed by atoms with Gasteiger partial charge in [-0.1, -0.05) is 6.42 Å². The van der Waals surface area contributed by atoms with Crippen LogP contribution in [0.25, 0.3) is 0 Å². The average molecular weight is 141 g/mol. The van der Waals surface area contributed by atoms with Crippen LogP contribution in [0.4, 0.5) is 0 Å². The lowest BCUT2D eigenvalue weighted by Gasteiger charge is -1.96. The van der Waals surface area contributed by atoms with Gasteiger partial charge in [-0.25, -0.2) is 4.98 Å². The van der Waals surface area contributed by atoms with E-state index in [-0.39, 0.29) is 6.42 Å². The van der Waals surface area contributed by atoms with Crippen LogP contribution in [0.5, 0.6) is 0 Å². The third kappa shape index (κ3) is 0.916. The summed E-state index contributed by atoms with van der Waals surface area (Å²) in [7, 11) is 0. The molecule has 0 aromatic carbocycles. The minimum Gasteiger partial charge on any atom is -0.250 e. The van der Waals surface area contributed by atoms with Gasteiger partial charge in [-0.05, 0) is 12.8 Å². The van der Waals surface area contributed by atoms with Gasteiger partial charge >= 0.3 is 0 Å². The Morgan fingerprint density at radius 1 is 1.60 bits per heavy atom. The van der Waals surface area contributed by atoms with Crippen LogP contribution in [-0.2, 0) is 12.9 Å². The average Bonchev–Trinajstić information content (AvgIpc) is 2.48. The number of aryl methyl sites for hydroxylation is 2. The fourth-order valence-corrected chi connectivity index (χ4v) is 0.995. The van der Waals surface area contributed by atoms with Crippen molar-refractivity contribution in [3.05, 3.63) is 12.2 Å². The van der Waals surface area contributed by atoms with Crippen molar-refractivity contribution >= 4 is 0 Å². The maximum atomic E-state index is 7.72. The molecule has 0 bridgehead atoms. The van der Waals surface area contributed by atoms with Crippen molar-refractivity contribution in [3.8, 4) is 0 Å². The minimum atomic E-state index is -2.10. The third-order valence-corrected chi connectivity index (χ3v) is 1.51. The molecule has 2 rings (SSSR count). The summed E-state index contributed by atoms with van der Waals surface area (Å²) in [6.45, 7) is -2.10. The smallest absolute Gasteiger partial charge is 0.138 e. The highest BCUT2D eigenvalue weighted by molar-refractivity contribution is 4.86. The van der Waals surface area contributed by atoms with Gasteiger partial charge in [0.2, 0.25) is 0 Å². The van der Waals surface area contributed by atoms with Crippen LogP contribution in [0, 0.1) is 0 Å². The quantitative estimate of drug-likeness (QED) is 0.539. The molecule has 1 aliphatic heterocycles. The Labute approximate surface area is 65.7 Å². The lowest BCUT2D eigenvalue weighted by molar-refractivity contribution is 0.575. The molecular weight excluding hydrogens is 126 g/mol. The molecular formula is C7H11N3. The van der Waals surface area contributed by atoms with Gasteiger partial charge in [0.1, 0.15) is 12.2 Å². The van der Waals surface area contributed by atoms with Crippen molar-refractivity contribution in [2.24, 2.45) is 0 Å². The molecule has 0 aliphatic carbocycles. The first-order valence-electron chi connectivity index (χ1n) is 5.34. The van der Waals surface area contributed by atoms with E-state index >= 15 is 0 Å². The van der Waals surface area contributed by atoms with Crippen LogP contribution < -0.4 is 0 Å². The van der Waals surface area contributed by atoms with Crippen molar-refractivity contribution < 1.29 is 5.48 Å². The molecule has 1 aromatic rings. The van der Waals surface area contributed by atoms with Gasteiger partial charge in [0.25, 0.3) is 0 Å². The fraction of sp³-hybridized carbons (Fsp3) is 0.714. The molecule has 1 aromatic heterocycles. The Hall–Kier alpha value is -0.860. The Morgan fingerprint density at radius 2 is 2.60 bits per heavy atom. The van der Waals surface area contributed by atoms with Crippen LogP contribution in [0.15, 0.2) is 6.33 Å². The zero-order chi connectivity index (χ0) is 10.4. The normalized spacial score (nSPS) is 34.0. The summed E-state index contributed by atoms with van der Waals surface area (Å²) in [4.78, 5) is 3.92. The van der Waals surface area contributed by atoms with E-state index in [1.807, 2.05) is 0 Å². The van der Waals surface area contributed by atoms with E-state index in [4.69, 9.17) is 5.48 Å². The van der Waals surface area contributed by atoms with Gasteiger partial charge in [0, 0.05) is 15.7 Å². The number of nitrogens with zero attached hydrogens (tertiary/aromatic N) is 3. The van der Waals surface area contributed by atoms with Crippen molar-refractivity contribution in [1.82, 2.24) is 14.8 Å². The first-order chi connectivity index (χ1) is 6.45. The Bertz CT molecular complexity index is 346. The second-order valence-corrected chi connectivity index (χ2v) is 2.23. The minimum absolute atomic E-state index is 0.199. The summed E-state index contributed by atoms with van der Waals surface area (Å²) in [5, 5.41) is 3.76. The van der Waals surface area contributed by atoms with E-state index in [2.05, 4.69) is 10.1 Å². The van der Waals surface area contributed by atoms with Crippen LogP contribution in [0.3, 0.4) is 0 Å². The molecule has 54 valence electrons. The van der Waals surface area contributed by atoms with E-state index in [0.29, 0.717) is 18.7 Å². The van der Waals surface area contributed by atoms with Crippen molar-refractivity contribution in [2.75, 3.05) is 0 Å². The predicted molar refractivity (Wildman–Crippen MR) is 37.6 cm³/mol. The zero-order valence-corrected chi connectivity index (χ0v) is 5.54. The molecule has 0 radical (unpaired) electrons. The summed E-state index contributed by atoms with van der Waals surface area (Å²) in [5.74, 6) is 0.524. The van der Waals surface area contributed by atoms with Gasteiger partial charge in [-0.2, -0.15) is 5.10 Å². The van der Waals surface area contributed by atoms with Crippen molar-refractivity contribution in [3.63, 3.8) is 0 Å². The summed E-state index contributed by atoms with van der Waals surface area (Å²) < 4.78 is 31.8. The monoisotopic (exact) mass is 141 g/mol. The van der Waals surface area contributed by atoms with E-state index in [1.165, 1.54) is 6.33 Å². The highest BCUT2D eigenvalue weighted by Crippen LogP contribution is 2.09. The molecule has 0 atom stereocenters. The van der Waals surface area contributed by atoms with Crippen molar-refractivity contribution in [1.29, 1.82) is 0 Å². The van der Waals surface area contributed by atoms with Crippen LogP contribution in [0.2, 0.25) is 0 Å². The van der Waals surface area contributed by atoms with Crippen molar-refractivity contribution in [2.45, 2.75) is 32.1 Å². The predicted octanol–water partition coefficient (Wildman–Crippen LogP) is 1.00. The molecule has 0 saturated carbocycles. The fourth-order valence-electron chi connectivity index (χ4n) is 0.995. The molecule has 10 heavy (non-hydrogen) atoms. The molecule has 3 heteroatoms. The molecule has 1 aliphatic rings. The summed E-state index contributed by atoms with van der Waals surface area (Å²) in [6.07, 6.45) is 0.774. The molecule has 0 spiro atoms. The van der Waals surface area contributed by atoms with Gasteiger partial charge in [-0.3, -0.25) is 4.68 Å². The SMILES string of the molecule is [2H]C1([2H])CCCc2ncnn2C1([2H])[2H]. The molecule has 0 unspecified atom stereocenters. The lowest BCUT2D eigenvalue weighted by atomic mass is 10.2. The zero-order valence-electron chi connectivity index (χ0n) is 9.54. The molecule has 2 heterocycles. The standard InChI is InChI=1S/C7H11N3/c1-2-4-7-8-6-9-10(7)5-3-1/h6H,1-5H2/i3D2,5D2. The lowest BCUT2D eigenvalue weighted by Crippen LogP contribution is -2.01. The van der Waals surface area contributed by atoms with Crippen LogP contribution in [-0.4, -0.2) is 14.8 Å². The van der Waals surface area contributed by atoms with Gasteiger partial charge < -0.3 is 0 Å². The first kappa shape index (κ1) is 3.03. The summed E-state index contributed by atoms with van der Waals surface area (Å²) in [6, 6.07) is 0. The van der Waals surface area contributed by atoms with E-state index in [9.17, 15) is 0 Å². The maximum absolute atomic E-state index is 7.72. The molecule has 0 saturated heterocycles. The van der Waals surface area contributed by atoms with E-state index in [1.54, 1.807) is 0 Å². The molecule has 0 N–H and O–H groups in total. The van der Waals surface area contributed by atoms with Gasteiger partial charge in [0.15, 0.2) is 0 Å². The Morgan fingerprint density at radius 3 is 3.60 bits per heavy atom. The largest absolute Gasteiger partial charge is 0.250 e. The van der Waals surface area contributed by atoms with E-state index < -0.39 is 12.9 Å². The molecule has 3 nitrogen and oxygen atoms in total. The highest BCUT2D eigenvalue weighted by atomic mass is 15.3. The van der Waals surface area contributed by atoms with Gasteiger partial charge in [-0.15, -0.1) is 0 Å². The number of fused-ring (bicyclic) bond motifs is 1. The number of aromatic nitrogens is 3. The summed E-state index contributed by atoms with van der Waals surface area (Å²) in [5.41, 5.74) is 0. The maximum Gasteiger partial charge on any atom is 0.138 e. The first-order valence-corrected chi connectivity index (χ1v) is 3.34. The second kappa shape index (κ2) is 2.40. The summed E-state index contributed by atoms with van der Waals surface area (Å²) >= 11 is 0. The molecule has 0 amide bonds. The Balaban J connectivity index is 2.53. The van der Waals surface area contributed by atoms with Crippen LogP contribution >= 0.6 is 0 Å². The van der Waals surface area contributed by atoms with E-state index in [0.717, 1.165) is 4.68 Å². The second-order valence-electron chi connectivity index (χ2n) is 2.23. The molecule has 0 fully saturated rings. The number of rotatable bonds is 0. The Kier molecular flexibility index (Phi) is 0.728. The van der Waals surface area contributed by atoms with Gasteiger partial charge in [0.05, 0.1) is 2.74 Å².